The number of anilines is 2. The van der Waals surface area contributed by atoms with Crippen LogP contribution in [0.2, 0.25) is 0 Å². The molecular weight excluding hydrogens is 381 g/mol. The minimum absolute atomic E-state index is 0.00792. The molecule has 2 aliphatic rings. The number of nitrogens with zero attached hydrogens (tertiary/aromatic N) is 3. The summed E-state index contributed by atoms with van der Waals surface area (Å²) in [5.41, 5.74) is 0.434. The molecule has 1 atom stereocenters. The van der Waals surface area contributed by atoms with E-state index < -0.39 is 6.36 Å². The average Bonchev–Trinajstić information content (AvgIpc) is 3.26. The number of hydrogen-bond acceptors (Lipinski definition) is 6. The number of benzene rings is 1. The zero-order chi connectivity index (χ0) is 19.9. The average molecular weight is 396 g/mol. The number of amides is 2. The van der Waals surface area contributed by atoms with E-state index in [1.807, 2.05) is 0 Å². The van der Waals surface area contributed by atoms with Crippen molar-refractivity contribution in [1.29, 1.82) is 0 Å². The lowest BCUT2D eigenvalue weighted by molar-refractivity contribution is -0.274. The molecule has 0 unspecified atom stereocenters. The van der Waals surface area contributed by atoms with Gasteiger partial charge in [0.2, 0.25) is 17.7 Å². The van der Waals surface area contributed by atoms with Crippen molar-refractivity contribution in [2.75, 3.05) is 16.8 Å². The summed E-state index contributed by atoms with van der Waals surface area (Å²) < 4.78 is 46.0. The van der Waals surface area contributed by atoms with Gasteiger partial charge in [0.25, 0.3) is 0 Å². The summed E-state index contributed by atoms with van der Waals surface area (Å²) in [7, 11) is 0. The number of ether oxygens (including phenoxy) is 1. The molecule has 2 aromatic rings. The van der Waals surface area contributed by atoms with E-state index in [9.17, 15) is 22.8 Å². The predicted molar refractivity (Wildman–Crippen MR) is 88.5 cm³/mol. The lowest BCUT2D eigenvalue weighted by Gasteiger charge is -2.17. The molecule has 1 saturated carbocycles. The van der Waals surface area contributed by atoms with Crippen LogP contribution < -0.4 is 15.0 Å². The number of carbonyl (C=O) groups is 2. The van der Waals surface area contributed by atoms with Crippen molar-refractivity contribution in [2.45, 2.75) is 31.5 Å². The molecule has 2 amide bonds. The van der Waals surface area contributed by atoms with Gasteiger partial charge in [-0.3, -0.25) is 14.9 Å². The first-order valence-corrected chi connectivity index (χ1v) is 8.59. The van der Waals surface area contributed by atoms with Crippen LogP contribution in [0.25, 0.3) is 0 Å². The van der Waals surface area contributed by atoms with Crippen LogP contribution in [-0.2, 0) is 9.59 Å². The fourth-order valence-corrected chi connectivity index (χ4v) is 2.95. The van der Waals surface area contributed by atoms with Crippen molar-refractivity contribution in [3.63, 3.8) is 0 Å². The van der Waals surface area contributed by atoms with E-state index in [1.165, 1.54) is 17.0 Å². The third-order valence-electron chi connectivity index (χ3n) is 4.48. The second-order valence-corrected chi connectivity index (χ2v) is 6.66. The highest BCUT2D eigenvalue weighted by Crippen LogP contribution is 2.34. The number of rotatable bonds is 5. The lowest BCUT2D eigenvalue weighted by atomic mass is 10.1. The Morgan fingerprint density at radius 3 is 2.57 bits per heavy atom. The number of carbonyl (C=O) groups excluding carboxylic acids is 2. The first-order valence-electron chi connectivity index (χ1n) is 8.59. The van der Waals surface area contributed by atoms with Gasteiger partial charge in [-0.25, -0.2) is 0 Å². The summed E-state index contributed by atoms with van der Waals surface area (Å²) in [5, 5.41) is 10.2. The monoisotopic (exact) mass is 396 g/mol. The first kappa shape index (κ1) is 18.3. The maximum Gasteiger partial charge on any atom is 0.573 e. The molecule has 0 bridgehead atoms. The molecule has 1 aromatic heterocycles. The number of nitrogens with one attached hydrogen (secondary N) is 1. The van der Waals surface area contributed by atoms with Crippen LogP contribution in [-0.4, -0.2) is 34.9 Å². The summed E-state index contributed by atoms with van der Waals surface area (Å²) in [5.74, 6) is -0.927. The number of hydrogen-bond donors (Lipinski definition) is 1. The Balaban J connectivity index is 1.41. The number of aromatic nitrogens is 2. The number of alkyl halides is 3. The summed E-state index contributed by atoms with van der Waals surface area (Å²) in [6.45, 7) is 0.233. The molecule has 4 rings (SSSR count). The van der Waals surface area contributed by atoms with Gasteiger partial charge < -0.3 is 14.1 Å². The molecule has 1 saturated heterocycles. The quantitative estimate of drug-likeness (QED) is 0.835. The topological polar surface area (TPSA) is 97.6 Å². The Morgan fingerprint density at radius 1 is 1.21 bits per heavy atom. The van der Waals surface area contributed by atoms with E-state index in [1.54, 1.807) is 0 Å². The van der Waals surface area contributed by atoms with Gasteiger partial charge in [0.15, 0.2) is 0 Å². The largest absolute Gasteiger partial charge is 0.573 e. The molecule has 28 heavy (non-hydrogen) atoms. The van der Waals surface area contributed by atoms with Gasteiger partial charge in [0.1, 0.15) is 5.75 Å². The molecule has 148 valence electrons. The Bertz CT molecular complexity index is 893. The first-order chi connectivity index (χ1) is 13.3. The van der Waals surface area contributed by atoms with Crippen molar-refractivity contribution in [3.05, 3.63) is 30.2 Å². The number of halogens is 3. The van der Waals surface area contributed by atoms with E-state index in [-0.39, 0.29) is 54.3 Å². The minimum Gasteiger partial charge on any atom is -0.407 e. The summed E-state index contributed by atoms with van der Waals surface area (Å²) >= 11 is 0. The fraction of sp³-hybridized carbons (Fsp3) is 0.412. The van der Waals surface area contributed by atoms with Crippen molar-refractivity contribution < 1.29 is 31.9 Å². The van der Waals surface area contributed by atoms with Gasteiger partial charge in [-0.1, -0.05) is 5.10 Å². The molecule has 1 aromatic carbocycles. The predicted octanol–water partition coefficient (Wildman–Crippen LogP) is 2.84. The summed E-state index contributed by atoms with van der Waals surface area (Å²) in [6.07, 6.45) is -2.99. The molecule has 0 spiro atoms. The van der Waals surface area contributed by atoms with Crippen LogP contribution >= 0.6 is 0 Å². The highest BCUT2D eigenvalue weighted by molar-refractivity contribution is 5.96. The van der Waals surface area contributed by atoms with Crippen LogP contribution in [0.15, 0.2) is 28.7 Å². The standard InChI is InChI=1S/C17H15F3N4O4/c18-17(19,20)28-12-5-3-11(4-6-12)24-8-10(7-13(24)25)15-22-23-16(27-15)21-14(26)9-1-2-9/h3-6,9-10H,1-2,7-8H2,(H,21,23,26)/t10-/m1/s1. The van der Waals surface area contributed by atoms with Crippen molar-refractivity contribution in [3.8, 4) is 5.75 Å². The van der Waals surface area contributed by atoms with Crippen LogP contribution in [0.4, 0.5) is 24.9 Å². The van der Waals surface area contributed by atoms with Gasteiger partial charge in [-0.15, -0.1) is 18.3 Å². The maximum absolute atomic E-state index is 12.3. The molecule has 11 heteroatoms. The van der Waals surface area contributed by atoms with E-state index >= 15 is 0 Å². The highest BCUT2D eigenvalue weighted by atomic mass is 19.4. The van der Waals surface area contributed by atoms with E-state index in [2.05, 4.69) is 20.3 Å². The molecule has 0 radical (unpaired) electrons. The third-order valence-corrected chi connectivity index (χ3v) is 4.48. The summed E-state index contributed by atoms with van der Waals surface area (Å²) in [4.78, 5) is 25.5. The van der Waals surface area contributed by atoms with E-state index in [0.717, 1.165) is 25.0 Å². The molecule has 1 aliphatic carbocycles. The molecule has 1 N–H and O–H groups in total. The van der Waals surface area contributed by atoms with Crippen molar-refractivity contribution in [1.82, 2.24) is 10.2 Å². The molecule has 8 nitrogen and oxygen atoms in total. The fourth-order valence-electron chi connectivity index (χ4n) is 2.95. The second kappa shape index (κ2) is 6.80. The van der Waals surface area contributed by atoms with Crippen molar-refractivity contribution in [2.24, 2.45) is 5.92 Å². The second-order valence-electron chi connectivity index (χ2n) is 6.66. The Labute approximate surface area is 156 Å². The molecule has 1 aliphatic heterocycles. The maximum atomic E-state index is 12.3. The van der Waals surface area contributed by atoms with Crippen LogP contribution in [0, 0.1) is 5.92 Å². The van der Waals surface area contributed by atoms with Gasteiger partial charge in [-0.2, -0.15) is 0 Å². The summed E-state index contributed by atoms with van der Waals surface area (Å²) in [6, 6.07) is 5.02. The Morgan fingerprint density at radius 2 is 1.93 bits per heavy atom. The van der Waals surface area contributed by atoms with Gasteiger partial charge in [-0.05, 0) is 37.1 Å². The zero-order valence-corrected chi connectivity index (χ0v) is 14.4. The third kappa shape index (κ3) is 4.07. The SMILES string of the molecule is O=C(Nc1nnc([C@@H]2CC(=O)N(c3ccc(OC(F)(F)F)cc3)C2)o1)C1CC1. The molecule has 2 fully saturated rings. The van der Waals surface area contributed by atoms with Crippen LogP contribution in [0.3, 0.4) is 0 Å². The normalized spacial score (nSPS) is 19.8. The highest BCUT2D eigenvalue weighted by Gasteiger charge is 2.36. The van der Waals surface area contributed by atoms with Crippen molar-refractivity contribution >= 4 is 23.5 Å². The van der Waals surface area contributed by atoms with Crippen LogP contribution in [0.5, 0.6) is 5.75 Å². The Kier molecular flexibility index (Phi) is 4.44. The Hall–Kier alpha value is -3.11. The minimum atomic E-state index is -4.78. The van der Waals surface area contributed by atoms with Gasteiger partial charge in [0, 0.05) is 24.6 Å². The smallest absolute Gasteiger partial charge is 0.407 e. The van der Waals surface area contributed by atoms with E-state index in [0.29, 0.717) is 5.69 Å². The van der Waals surface area contributed by atoms with Crippen LogP contribution in [0.1, 0.15) is 31.1 Å². The lowest BCUT2D eigenvalue weighted by Crippen LogP contribution is -2.24. The zero-order valence-electron chi connectivity index (χ0n) is 14.4. The molecular formula is C17H15F3N4O4. The van der Waals surface area contributed by atoms with Gasteiger partial charge >= 0.3 is 12.4 Å². The molecule has 2 heterocycles. The van der Waals surface area contributed by atoms with Gasteiger partial charge in [0.05, 0.1) is 5.92 Å². The van der Waals surface area contributed by atoms with E-state index in [4.69, 9.17) is 4.42 Å².